The number of carbonyl (C=O) groups excluding carboxylic acids is 2. The van der Waals surface area contributed by atoms with Gasteiger partial charge in [-0.05, 0) is 63.7 Å². The summed E-state index contributed by atoms with van der Waals surface area (Å²) in [5.41, 5.74) is -0.969. The third-order valence-corrected chi connectivity index (χ3v) is 6.44. The summed E-state index contributed by atoms with van der Waals surface area (Å²) in [6.07, 6.45) is 0. The predicted octanol–water partition coefficient (Wildman–Crippen LogP) is -4.53. The fourth-order valence-corrected chi connectivity index (χ4v) is 3.46. The molecule has 0 saturated heterocycles. The number of halogens is 4. The average molecular weight is 558 g/mol. The molecule has 0 aliphatic rings. The van der Waals surface area contributed by atoms with Crippen LogP contribution in [0.3, 0.4) is 0 Å². The molecule has 0 radical (unpaired) electrons. The van der Waals surface area contributed by atoms with E-state index in [0.29, 0.717) is 8.95 Å². The molecule has 1 aromatic carbocycles. The summed E-state index contributed by atoms with van der Waals surface area (Å²) >= 11 is 12.2. The largest absolute Gasteiger partial charge is 1.00 e. The zero-order valence-electron chi connectivity index (χ0n) is 9.14. The van der Waals surface area contributed by atoms with Gasteiger partial charge in [-0.3, -0.25) is 0 Å². The van der Waals surface area contributed by atoms with Gasteiger partial charge in [0.1, 0.15) is 0 Å². The van der Waals surface area contributed by atoms with Gasteiger partial charge in [-0.2, -0.15) is 0 Å². The quantitative estimate of drug-likeness (QED) is 0.209. The van der Waals surface area contributed by atoms with E-state index < -0.39 is 23.1 Å². The Morgan fingerprint density at radius 1 is 0.667 bits per heavy atom. The zero-order chi connectivity index (χ0) is 12.6. The van der Waals surface area contributed by atoms with Crippen LogP contribution in [0.5, 0.6) is 0 Å². The molecule has 1 aromatic rings. The number of aromatic carboxylic acids is 2. The summed E-state index contributed by atoms with van der Waals surface area (Å²) in [6.45, 7) is 0. The first-order chi connectivity index (χ1) is 7.29. The first kappa shape index (κ1) is 23.6. The van der Waals surface area contributed by atoms with Gasteiger partial charge in [0.2, 0.25) is 0 Å². The van der Waals surface area contributed by atoms with Crippen molar-refractivity contribution in [3.8, 4) is 0 Å². The van der Waals surface area contributed by atoms with Gasteiger partial charge in [-0.25, -0.2) is 0 Å². The fourth-order valence-electron chi connectivity index (χ4n) is 1.02. The van der Waals surface area contributed by atoms with E-state index in [1.54, 1.807) is 0 Å². The molecule has 86 valence electrons. The number of hydrogen-bond donors (Lipinski definition) is 0. The zero-order valence-corrected chi connectivity index (χ0v) is 21.7. The summed E-state index contributed by atoms with van der Waals surface area (Å²) in [4.78, 5) is 21.7. The summed E-state index contributed by atoms with van der Waals surface area (Å²) < 4.78 is 0.871. The molecule has 18 heavy (non-hydrogen) atoms. The van der Waals surface area contributed by atoms with E-state index in [0.717, 1.165) is 0 Å². The van der Waals surface area contributed by atoms with Gasteiger partial charge in [0.25, 0.3) is 0 Å². The minimum atomic E-state index is -1.61. The first-order valence-corrected chi connectivity index (χ1v) is 6.74. The second-order valence-electron chi connectivity index (χ2n) is 2.58. The van der Waals surface area contributed by atoms with Crippen molar-refractivity contribution in [3.63, 3.8) is 0 Å². The summed E-state index contributed by atoms with van der Waals surface area (Å²) in [6, 6.07) is 0. The molecule has 0 spiro atoms. The number of carboxylic acids is 2. The monoisotopic (exact) mass is 554 g/mol. The molecule has 0 heterocycles. The minimum absolute atomic E-state index is 0. The van der Waals surface area contributed by atoms with E-state index in [9.17, 15) is 19.8 Å². The molecule has 0 fully saturated rings. The van der Waals surface area contributed by atoms with Crippen molar-refractivity contribution < 1.29 is 123 Å². The maximum Gasteiger partial charge on any atom is 1.00 e. The maximum atomic E-state index is 10.9. The van der Waals surface area contributed by atoms with Crippen LogP contribution in [-0.4, -0.2) is 11.9 Å². The van der Waals surface area contributed by atoms with E-state index in [1.807, 2.05) is 0 Å². The number of carboxylic acid groups (broad SMARTS) is 2. The van der Waals surface area contributed by atoms with E-state index in [-0.39, 0.29) is 112 Å². The molecular weight excluding hydrogens is 558 g/mol. The normalized spacial score (nSPS) is 9.11. The maximum absolute atomic E-state index is 10.9. The Morgan fingerprint density at radius 2 is 0.889 bits per heavy atom. The van der Waals surface area contributed by atoms with Gasteiger partial charge in [-0.1, -0.05) is 0 Å². The molecule has 0 unspecified atom stereocenters. The van der Waals surface area contributed by atoms with Crippen LogP contribution in [0.15, 0.2) is 17.9 Å². The van der Waals surface area contributed by atoms with Crippen molar-refractivity contribution in [3.05, 3.63) is 29.0 Å². The van der Waals surface area contributed by atoms with Gasteiger partial charge in [0.05, 0.1) is 11.9 Å². The Labute approximate surface area is 221 Å². The smallest absolute Gasteiger partial charge is 0.545 e. The van der Waals surface area contributed by atoms with Crippen LogP contribution in [0.4, 0.5) is 0 Å². The Balaban J connectivity index is 0. The van der Waals surface area contributed by atoms with Crippen LogP contribution in [0, 0.1) is 0 Å². The van der Waals surface area contributed by atoms with E-state index in [2.05, 4.69) is 63.7 Å². The van der Waals surface area contributed by atoms with Gasteiger partial charge < -0.3 is 19.8 Å². The summed E-state index contributed by atoms with van der Waals surface area (Å²) in [5.74, 6) is -3.22. The fraction of sp³-hybridized carbons (Fsp3) is 0. The van der Waals surface area contributed by atoms with Crippen molar-refractivity contribution in [2.45, 2.75) is 0 Å². The van der Waals surface area contributed by atoms with Gasteiger partial charge >= 0.3 is 103 Å². The van der Waals surface area contributed by atoms with Crippen molar-refractivity contribution in [1.29, 1.82) is 0 Å². The Kier molecular flexibility index (Phi) is 13.4. The SMILES string of the molecule is O=C([O-])c1c(Br)c(Br)c(Br)c(Br)c1C(=O)[O-].[K+].[K+]. The summed E-state index contributed by atoms with van der Waals surface area (Å²) in [7, 11) is 0. The van der Waals surface area contributed by atoms with Crippen LogP contribution in [0.25, 0.3) is 0 Å². The number of hydrogen-bond acceptors (Lipinski definition) is 4. The second-order valence-corrected chi connectivity index (χ2v) is 5.75. The van der Waals surface area contributed by atoms with Crippen LogP contribution < -0.4 is 113 Å². The third kappa shape index (κ3) is 5.22. The van der Waals surface area contributed by atoms with Crippen LogP contribution in [0.2, 0.25) is 0 Å². The molecule has 0 aromatic heterocycles. The third-order valence-electron chi connectivity index (χ3n) is 1.68. The van der Waals surface area contributed by atoms with Gasteiger partial charge in [0.15, 0.2) is 0 Å². The Hall–Kier alpha value is 3.35. The molecule has 0 N–H and O–H groups in total. The standard InChI is InChI=1S/C8H2Br4O4.2K/c9-3-1(7(13)14)2(8(15)16)4(10)6(12)5(3)11;;/h(H,13,14)(H,15,16);;/q;2*+1/p-2. The van der Waals surface area contributed by atoms with E-state index in [1.165, 1.54) is 0 Å². The number of benzene rings is 1. The molecule has 0 saturated carbocycles. The molecule has 0 aliphatic carbocycles. The second kappa shape index (κ2) is 10.2. The van der Waals surface area contributed by atoms with Gasteiger partial charge in [-0.15, -0.1) is 0 Å². The summed E-state index contributed by atoms with van der Waals surface area (Å²) in [5, 5.41) is 21.7. The van der Waals surface area contributed by atoms with Crippen LogP contribution in [-0.2, 0) is 0 Å². The average Bonchev–Trinajstić information content (AvgIpc) is 2.18. The Morgan fingerprint density at radius 3 is 1.06 bits per heavy atom. The van der Waals surface area contributed by atoms with Gasteiger partial charge in [0, 0.05) is 29.0 Å². The van der Waals surface area contributed by atoms with Crippen molar-refractivity contribution in [2.24, 2.45) is 0 Å². The molecule has 0 amide bonds. The number of rotatable bonds is 2. The van der Waals surface area contributed by atoms with Crippen LogP contribution >= 0.6 is 63.7 Å². The molecule has 4 nitrogen and oxygen atoms in total. The Bertz CT molecular complexity index is 462. The molecular formula is C8Br4K2O4. The predicted molar refractivity (Wildman–Crippen MR) is 65.9 cm³/mol. The molecule has 10 heteroatoms. The minimum Gasteiger partial charge on any atom is -0.545 e. The molecule has 0 bridgehead atoms. The van der Waals surface area contributed by atoms with E-state index >= 15 is 0 Å². The van der Waals surface area contributed by atoms with E-state index in [4.69, 9.17) is 0 Å². The molecule has 0 atom stereocenters. The molecule has 0 aliphatic heterocycles. The molecule has 1 rings (SSSR count). The van der Waals surface area contributed by atoms with Crippen molar-refractivity contribution in [2.75, 3.05) is 0 Å². The number of carbonyl (C=O) groups is 2. The van der Waals surface area contributed by atoms with Crippen LogP contribution in [0.1, 0.15) is 20.7 Å². The first-order valence-electron chi connectivity index (χ1n) is 3.57. The van der Waals surface area contributed by atoms with Crippen molar-refractivity contribution in [1.82, 2.24) is 0 Å². The topological polar surface area (TPSA) is 80.3 Å². The van der Waals surface area contributed by atoms with Crippen molar-refractivity contribution >= 4 is 75.7 Å².